The minimum absolute atomic E-state index is 0.116. The van der Waals surface area contributed by atoms with Crippen LogP contribution in [0.1, 0.15) is 37.8 Å². The van der Waals surface area contributed by atoms with Gasteiger partial charge in [-0.15, -0.1) is 0 Å². The number of anilines is 1. The van der Waals surface area contributed by atoms with Gasteiger partial charge in [0.2, 0.25) is 5.91 Å². The largest absolute Gasteiger partial charge is 0.491 e. The van der Waals surface area contributed by atoms with Crippen LogP contribution < -0.4 is 9.64 Å². The molecule has 0 saturated carbocycles. The number of ether oxygens (including phenoxy) is 1. The minimum Gasteiger partial charge on any atom is -0.491 e. The predicted molar refractivity (Wildman–Crippen MR) is 101 cm³/mol. The molecule has 1 unspecified atom stereocenters. The summed E-state index contributed by atoms with van der Waals surface area (Å²) in [5, 5.41) is 0. The van der Waals surface area contributed by atoms with Crippen LogP contribution in [0.3, 0.4) is 0 Å². The summed E-state index contributed by atoms with van der Waals surface area (Å²) in [4.78, 5) is 14.7. The Morgan fingerprint density at radius 2 is 1.88 bits per heavy atom. The average Bonchev–Trinajstić information content (AvgIpc) is 2.80. The molecule has 1 aliphatic rings. The first-order valence-corrected chi connectivity index (χ1v) is 9.15. The van der Waals surface area contributed by atoms with Crippen LogP contribution in [0.25, 0.3) is 0 Å². The molecule has 0 saturated heterocycles. The number of hydrogen-bond donors (Lipinski definition) is 0. The van der Waals surface area contributed by atoms with Crippen LogP contribution in [0, 0.1) is 0 Å². The fourth-order valence-electron chi connectivity index (χ4n) is 3.23. The van der Waals surface area contributed by atoms with E-state index in [-0.39, 0.29) is 17.9 Å². The highest BCUT2D eigenvalue weighted by atomic mass is 79.9. The van der Waals surface area contributed by atoms with Crippen molar-refractivity contribution in [1.29, 1.82) is 0 Å². The average molecular weight is 388 g/mol. The first-order chi connectivity index (χ1) is 11.5. The van der Waals surface area contributed by atoms with E-state index in [4.69, 9.17) is 4.74 Å². The number of fused-ring (bicyclic) bond motifs is 1. The van der Waals surface area contributed by atoms with Crippen molar-refractivity contribution in [3.8, 4) is 5.75 Å². The Balaban J connectivity index is 1.85. The fourth-order valence-corrected chi connectivity index (χ4v) is 3.60. The van der Waals surface area contributed by atoms with E-state index in [2.05, 4.69) is 34.1 Å². The molecule has 0 radical (unpaired) electrons. The van der Waals surface area contributed by atoms with E-state index in [1.165, 1.54) is 0 Å². The Morgan fingerprint density at radius 3 is 2.50 bits per heavy atom. The Morgan fingerprint density at radius 1 is 1.17 bits per heavy atom. The maximum atomic E-state index is 12.8. The molecule has 1 aliphatic heterocycles. The van der Waals surface area contributed by atoms with Crippen LogP contribution in [0.2, 0.25) is 0 Å². The molecule has 4 heteroatoms. The number of halogens is 1. The van der Waals surface area contributed by atoms with Gasteiger partial charge in [0, 0.05) is 16.7 Å². The van der Waals surface area contributed by atoms with Gasteiger partial charge in [0.15, 0.2) is 0 Å². The van der Waals surface area contributed by atoms with E-state index in [0.29, 0.717) is 13.0 Å². The first-order valence-electron chi connectivity index (χ1n) is 8.36. The van der Waals surface area contributed by atoms with Gasteiger partial charge in [0.1, 0.15) is 5.75 Å². The molecule has 126 valence electrons. The molecule has 0 spiro atoms. The van der Waals surface area contributed by atoms with Crippen molar-refractivity contribution in [3.05, 3.63) is 58.1 Å². The fraction of sp³-hybridized carbons (Fsp3) is 0.350. The zero-order chi connectivity index (χ0) is 17.3. The van der Waals surface area contributed by atoms with Crippen molar-refractivity contribution >= 4 is 27.5 Å². The Hall–Kier alpha value is -1.81. The molecule has 0 bridgehead atoms. The van der Waals surface area contributed by atoms with Crippen LogP contribution >= 0.6 is 15.9 Å². The van der Waals surface area contributed by atoms with Crippen molar-refractivity contribution in [3.63, 3.8) is 0 Å². The summed E-state index contributed by atoms with van der Waals surface area (Å²) in [5.74, 6) is 0.937. The number of rotatable bonds is 5. The summed E-state index contributed by atoms with van der Waals surface area (Å²) >= 11 is 3.53. The number of likely N-dealkylation sites (N-methyl/N-ethyl adjacent to an activating group) is 1. The maximum Gasteiger partial charge on any atom is 0.234 e. The summed E-state index contributed by atoms with van der Waals surface area (Å²) < 4.78 is 6.70. The van der Waals surface area contributed by atoms with Crippen molar-refractivity contribution < 1.29 is 9.53 Å². The van der Waals surface area contributed by atoms with Gasteiger partial charge in [-0.25, -0.2) is 0 Å². The van der Waals surface area contributed by atoms with Gasteiger partial charge in [-0.2, -0.15) is 0 Å². The van der Waals surface area contributed by atoms with E-state index in [9.17, 15) is 4.79 Å². The predicted octanol–water partition coefficient (Wildman–Crippen LogP) is 4.93. The van der Waals surface area contributed by atoms with E-state index < -0.39 is 0 Å². The standard InChI is InChI=1S/C20H22BrNO2/c1-4-22-19-10-7-15(21)12-17(19)18(20(22)23)11-14-5-8-16(9-6-14)24-13(2)3/h5-10,12-13,18H,4,11H2,1-3H3. The van der Waals surface area contributed by atoms with Crippen LogP contribution in [-0.2, 0) is 11.2 Å². The molecule has 0 fully saturated rings. The van der Waals surface area contributed by atoms with E-state index in [0.717, 1.165) is 27.0 Å². The molecule has 1 atom stereocenters. The molecule has 2 aromatic rings. The monoisotopic (exact) mass is 387 g/mol. The summed E-state index contributed by atoms with van der Waals surface area (Å²) in [6, 6.07) is 14.2. The Bertz CT molecular complexity index is 740. The van der Waals surface area contributed by atoms with Gasteiger partial charge in [0.25, 0.3) is 0 Å². The second-order valence-electron chi connectivity index (χ2n) is 6.35. The van der Waals surface area contributed by atoms with Crippen molar-refractivity contribution in [2.75, 3.05) is 11.4 Å². The van der Waals surface area contributed by atoms with Crippen LogP contribution in [-0.4, -0.2) is 18.6 Å². The van der Waals surface area contributed by atoms with Gasteiger partial charge in [-0.3, -0.25) is 4.79 Å². The molecular weight excluding hydrogens is 366 g/mol. The molecule has 1 amide bonds. The molecule has 24 heavy (non-hydrogen) atoms. The molecular formula is C20H22BrNO2. The van der Waals surface area contributed by atoms with Crippen LogP contribution in [0.15, 0.2) is 46.9 Å². The smallest absolute Gasteiger partial charge is 0.234 e. The van der Waals surface area contributed by atoms with Crippen LogP contribution in [0.4, 0.5) is 5.69 Å². The van der Waals surface area contributed by atoms with Crippen molar-refractivity contribution in [2.45, 2.75) is 39.2 Å². The van der Waals surface area contributed by atoms with Gasteiger partial charge in [0.05, 0.1) is 12.0 Å². The first kappa shape index (κ1) is 17.0. The normalized spacial score (nSPS) is 16.6. The van der Waals surface area contributed by atoms with Crippen molar-refractivity contribution in [2.24, 2.45) is 0 Å². The lowest BCUT2D eigenvalue weighted by atomic mass is 9.93. The number of hydrogen-bond acceptors (Lipinski definition) is 2. The van der Waals surface area contributed by atoms with E-state index in [1.807, 2.05) is 49.9 Å². The molecule has 3 nitrogen and oxygen atoms in total. The lowest BCUT2D eigenvalue weighted by Gasteiger charge is -2.15. The lowest BCUT2D eigenvalue weighted by molar-refractivity contribution is -0.119. The second kappa shape index (κ2) is 6.98. The molecule has 0 aromatic heterocycles. The molecule has 3 rings (SSSR count). The Labute approximate surface area is 151 Å². The molecule has 0 N–H and O–H groups in total. The third-order valence-corrected chi connectivity index (χ3v) is 4.76. The number of carbonyl (C=O) groups is 1. The zero-order valence-electron chi connectivity index (χ0n) is 14.3. The SMILES string of the molecule is CCN1C(=O)C(Cc2ccc(OC(C)C)cc2)c2cc(Br)ccc21. The highest BCUT2D eigenvalue weighted by Crippen LogP contribution is 2.40. The van der Waals surface area contributed by atoms with E-state index in [1.54, 1.807) is 0 Å². The highest BCUT2D eigenvalue weighted by Gasteiger charge is 2.36. The quantitative estimate of drug-likeness (QED) is 0.727. The number of amides is 1. The maximum absolute atomic E-state index is 12.8. The third-order valence-electron chi connectivity index (χ3n) is 4.27. The zero-order valence-corrected chi connectivity index (χ0v) is 15.8. The number of nitrogens with zero attached hydrogens (tertiary/aromatic N) is 1. The Kier molecular flexibility index (Phi) is 4.95. The highest BCUT2D eigenvalue weighted by molar-refractivity contribution is 9.10. The topological polar surface area (TPSA) is 29.5 Å². The number of carbonyl (C=O) groups excluding carboxylic acids is 1. The summed E-state index contributed by atoms with van der Waals surface area (Å²) in [6.07, 6.45) is 0.871. The summed E-state index contributed by atoms with van der Waals surface area (Å²) in [6.45, 7) is 6.74. The molecule has 0 aliphatic carbocycles. The van der Waals surface area contributed by atoms with Gasteiger partial charge >= 0.3 is 0 Å². The number of benzene rings is 2. The van der Waals surface area contributed by atoms with Crippen molar-refractivity contribution in [1.82, 2.24) is 0 Å². The summed E-state index contributed by atoms with van der Waals surface area (Å²) in [5.41, 5.74) is 3.29. The summed E-state index contributed by atoms with van der Waals surface area (Å²) in [7, 11) is 0. The second-order valence-corrected chi connectivity index (χ2v) is 7.27. The van der Waals surface area contributed by atoms with Gasteiger partial charge in [-0.1, -0.05) is 28.1 Å². The van der Waals surface area contributed by atoms with Gasteiger partial charge < -0.3 is 9.64 Å². The van der Waals surface area contributed by atoms with E-state index >= 15 is 0 Å². The third kappa shape index (κ3) is 3.34. The van der Waals surface area contributed by atoms with Crippen LogP contribution in [0.5, 0.6) is 5.75 Å². The van der Waals surface area contributed by atoms with Gasteiger partial charge in [-0.05, 0) is 68.7 Å². The molecule has 1 heterocycles. The minimum atomic E-state index is -0.116. The lowest BCUT2D eigenvalue weighted by Crippen LogP contribution is -2.29. The molecule has 2 aromatic carbocycles.